The number of esters is 1. The predicted octanol–water partition coefficient (Wildman–Crippen LogP) is 2.59. The molecule has 4 nitrogen and oxygen atoms in total. The van der Waals surface area contributed by atoms with Crippen molar-refractivity contribution in [3.8, 4) is 0 Å². The molecule has 0 radical (unpaired) electrons. The lowest BCUT2D eigenvalue weighted by atomic mass is 10.3. The van der Waals surface area contributed by atoms with E-state index in [0.717, 1.165) is 10.4 Å². The first-order valence-corrected chi connectivity index (χ1v) is 7.43. The molecule has 0 spiro atoms. The highest BCUT2D eigenvalue weighted by Gasteiger charge is 2.13. The van der Waals surface area contributed by atoms with E-state index in [0.29, 0.717) is 11.4 Å². The van der Waals surface area contributed by atoms with Gasteiger partial charge >= 0.3 is 5.97 Å². The van der Waals surface area contributed by atoms with Crippen molar-refractivity contribution >= 4 is 34.6 Å². The van der Waals surface area contributed by atoms with Crippen molar-refractivity contribution in [3.63, 3.8) is 0 Å². The summed E-state index contributed by atoms with van der Waals surface area (Å²) in [7, 11) is 0. The van der Waals surface area contributed by atoms with Crippen molar-refractivity contribution in [3.05, 3.63) is 44.3 Å². The smallest absolute Gasteiger partial charge is 0.349 e. The zero-order chi connectivity index (χ0) is 13.7. The Balaban J connectivity index is 1.74. The van der Waals surface area contributed by atoms with Crippen molar-refractivity contribution in [2.45, 2.75) is 13.5 Å². The van der Waals surface area contributed by atoms with Crippen LogP contribution in [0.25, 0.3) is 0 Å². The Morgan fingerprint density at radius 1 is 1.26 bits per heavy atom. The molecule has 19 heavy (non-hydrogen) atoms. The first kappa shape index (κ1) is 13.8. The molecular formula is C13H13NO3S2. The van der Waals surface area contributed by atoms with Gasteiger partial charge in [0.15, 0.2) is 6.61 Å². The van der Waals surface area contributed by atoms with Gasteiger partial charge in [-0.3, -0.25) is 4.79 Å². The Labute approximate surface area is 119 Å². The van der Waals surface area contributed by atoms with Crippen LogP contribution in [0.3, 0.4) is 0 Å². The minimum atomic E-state index is -0.446. The van der Waals surface area contributed by atoms with Gasteiger partial charge in [-0.15, -0.1) is 22.7 Å². The predicted molar refractivity (Wildman–Crippen MR) is 75.5 cm³/mol. The normalized spacial score (nSPS) is 10.2. The third kappa shape index (κ3) is 3.90. The van der Waals surface area contributed by atoms with Crippen molar-refractivity contribution in [2.24, 2.45) is 0 Å². The van der Waals surface area contributed by atoms with Crippen LogP contribution in [0, 0.1) is 6.92 Å². The number of hydrogen-bond acceptors (Lipinski definition) is 5. The fourth-order valence-corrected chi connectivity index (χ4v) is 2.89. The number of carbonyl (C=O) groups excluding carboxylic acids is 2. The van der Waals surface area contributed by atoms with Gasteiger partial charge in [-0.25, -0.2) is 4.79 Å². The fraction of sp³-hybridized carbons (Fsp3) is 0.231. The monoisotopic (exact) mass is 295 g/mol. The molecule has 0 bridgehead atoms. The summed E-state index contributed by atoms with van der Waals surface area (Å²) in [5, 5.41) is 6.47. The summed E-state index contributed by atoms with van der Waals surface area (Å²) in [5.41, 5.74) is 0.869. The number of hydrogen-bond donors (Lipinski definition) is 1. The molecule has 2 heterocycles. The molecule has 0 unspecified atom stereocenters. The quantitative estimate of drug-likeness (QED) is 0.863. The summed E-state index contributed by atoms with van der Waals surface area (Å²) < 4.78 is 4.96. The summed E-state index contributed by atoms with van der Waals surface area (Å²) in [6, 6.07) is 5.70. The van der Waals surface area contributed by atoms with E-state index >= 15 is 0 Å². The van der Waals surface area contributed by atoms with E-state index < -0.39 is 5.97 Å². The molecule has 0 saturated carbocycles. The summed E-state index contributed by atoms with van der Waals surface area (Å²) >= 11 is 2.88. The van der Waals surface area contributed by atoms with Gasteiger partial charge in [-0.2, -0.15) is 0 Å². The van der Waals surface area contributed by atoms with Gasteiger partial charge in [-0.1, -0.05) is 6.07 Å². The lowest BCUT2D eigenvalue weighted by Gasteiger charge is -2.05. The molecule has 0 aromatic carbocycles. The van der Waals surface area contributed by atoms with Crippen molar-refractivity contribution < 1.29 is 14.3 Å². The van der Waals surface area contributed by atoms with Crippen LogP contribution in [0.15, 0.2) is 29.0 Å². The van der Waals surface area contributed by atoms with E-state index in [9.17, 15) is 9.59 Å². The zero-order valence-electron chi connectivity index (χ0n) is 10.3. The molecule has 0 fully saturated rings. The number of rotatable bonds is 5. The highest BCUT2D eigenvalue weighted by atomic mass is 32.1. The van der Waals surface area contributed by atoms with E-state index in [4.69, 9.17) is 4.74 Å². The van der Waals surface area contributed by atoms with Crippen LogP contribution < -0.4 is 5.32 Å². The average Bonchev–Trinajstić information content (AvgIpc) is 3.04. The van der Waals surface area contributed by atoms with Gasteiger partial charge in [0.2, 0.25) is 0 Å². The second-order valence-electron chi connectivity index (χ2n) is 3.86. The van der Waals surface area contributed by atoms with Gasteiger partial charge < -0.3 is 10.1 Å². The number of carbonyl (C=O) groups is 2. The second-order valence-corrected chi connectivity index (χ2v) is 5.81. The molecule has 0 saturated heterocycles. The maximum absolute atomic E-state index is 11.7. The van der Waals surface area contributed by atoms with Crippen LogP contribution in [0.5, 0.6) is 0 Å². The first-order valence-electron chi connectivity index (χ1n) is 5.67. The fourth-order valence-electron chi connectivity index (χ4n) is 1.43. The lowest BCUT2D eigenvalue weighted by molar-refractivity contribution is -0.124. The number of aryl methyl sites for hydroxylation is 1. The molecule has 2 rings (SSSR count). The minimum absolute atomic E-state index is 0.248. The standard InChI is InChI=1S/C13H13NO3S2/c1-9-4-6-19-12(9)13(16)17-8-11(15)14-7-10-3-2-5-18-10/h2-6H,7-8H2,1H3,(H,14,15). The van der Waals surface area contributed by atoms with Crippen LogP contribution in [0.2, 0.25) is 0 Å². The lowest BCUT2D eigenvalue weighted by Crippen LogP contribution is -2.28. The van der Waals surface area contributed by atoms with Gasteiger partial charge in [0.25, 0.3) is 5.91 Å². The van der Waals surface area contributed by atoms with Gasteiger partial charge in [0.1, 0.15) is 4.88 Å². The molecule has 0 aliphatic heterocycles. The highest BCUT2D eigenvalue weighted by molar-refractivity contribution is 7.12. The molecule has 0 atom stereocenters. The topological polar surface area (TPSA) is 55.4 Å². The maximum atomic E-state index is 11.7. The first-order chi connectivity index (χ1) is 9.16. The van der Waals surface area contributed by atoms with E-state index in [1.54, 1.807) is 11.3 Å². The molecule has 0 aliphatic carbocycles. The average molecular weight is 295 g/mol. The summed E-state index contributed by atoms with van der Waals surface area (Å²) in [6.45, 7) is 2.05. The molecular weight excluding hydrogens is 282 g/mol. The Bertz CT molecular complexity index is 560. The third-order valence-electron chi connectivity index (χ3n) is 2.42. The van der Waals surface area contributed by atoms with Crippen LogP contribution in [-0.2, 0) is 16.1 Å². The molecule has 1 amide bonds. The van der Waals surface area contributed by atoms with Crippen molar-refractivity contribution in [1.29, 1.82) is 0 Å². The molecule has 0 aliphatic rings. The molecule has 2 aromatic rings. The Morgan fingerprint density at radius 3 is 2.74 bits per heavy atom. The van der Waals surface area contributed by atoms with E-state index in [-0.39, 0.29) is 12.5 Å². The third-order valence-corrected chi connectivity index (χ3v) is 4.29. The van der Waals surface area contributed by atoms with Crippen LogP contribution in [0.1, 0.15) is 20.1 Å². The van der Waals surface area contributed by atoms with E-state index in [1.165, 1.54) is 11.3 Å². The number of ether oxygens (including phenoxy) is 1. The Hall–Kier alpha value is -1.66. The zero-order valence-corrected chi connectivity index (χ0v) is 12.0. The highest BCUT2D eigenvalue weighted by Crippen LogP contribution is 2.16. The van der Waals surface area contributed by atoms with E-state index in [1.807, 2.05) is 35.9 Å². The minimum Gasteiger partial charge on any atom is -0.451 e. The summed E-state index contributed by atoms with van der Waals surface area (Å²) in [4.78, 5) is 24.8. The maximum Gasteiger partial charge on any atom is 0.349 e. The number of amides is 1. The van der Waals surface area contributed by atoms with Crippen molar-refractivity contribution in [2.75, 3.05) is 6.61 Å². The Morgan fingerprint density at radius 2 is 2.11 bits per heavy atom. The molecule has 2 aromatic heterocycles. The summed E-state index contributed by atoms with van der Waals surface area (Å²) in [5.74, 6) is -0.741. The molecule has 6 heteroatoms. The van der Waals surface area contributed by atoms with E-state index in [2.05, 4.69) is 5.32 Å². The van der Waals surface area contributed by atoms with Crippen LogP contribution >= 0.6 is 22.7 Å². The van der Waals surface area contributed by atoms with Crippen LogP contribution in [-0.4, -0.2) is 18.5 Å². The Kier molecular flexibility index (Phi) is 4.70. The molecule has 100 valence electrons. The van der Waals surface area contributed by atoms with Crippen LogP contribution in [0.4, 0.5) is 0 Å². The van der Waals surface area contributed by atoms with Gasteiger partial charge in [-0.05, 0) is 35.4 Å². The van der Waals surface area contributed by atoms with Gasteiger partial charge in [0, 0.05) is 4.88 Å². The molecule has 1 N–H and O–H groups in total. The number of thiophene rings is 2. The van der Waals surface area contributed by atoms with Gasteiger partial charge in [0.05, 0.1) is 6.54 Å². The van der Waals surface area contributed by atoms with Crippen molar-refractivity contribution in [1.82, 2.24) is 5.32 Å². The SMILES string of the molecule is Cc1ccsc1C(=O)OCC(=O)NCc1cccs1. The summed E-state index contributed by atoms with van der Waals surface area (Å²) in [6.07, 6.45) is 0. The number of nitrogens with one attached hydrogen (secondary N) is 1. The second kappa shape index (κ2) is 6.49. The largest absolute Gasteiger partial charge is 0.451 e.